The van der Waals surface area contributed by atoms with Gasteiger partial charge < -0.3 is 55.3 Å². The quantitative estimate of drug-likeness (QED) is 0.0271. The molecular formula is C73H113F3N10O13. The van der Waals surface area contributed by atoms with Crippen LogP contribution in [0.3, 0.4) is 0 Å². The van der Waals surface area contributed by atoms with Crippen molar-refractivity contribution < 1.29 is 75.6 Å². The van der Waals surface area contributed by atoms with Gasteiger partial charge in [-0.05, 0) is 125 Å². The molecule has 2 fully saturated rings. The van der Waals surface area contributed by atoms with Crippen molar-refractivity contribution in [3.8, 4) is 0 Å². The van der Waals surface area contributed by atoms with Crippen LogP contribution in [0, 0.1) is 29.6 Å². The van der Waals surface area contributed by atoms with Crippen molar-refractivity contribution in [3.05, 3.63) is 77.9 Å². The van der Waals surface area contributed by atoms with Gasteiger partial charge in [-0.3, -0.25) is 53.5 Å². The molecule has 0 bridgehead atoms. The van der Waals surface area contributed by atoms with E-state index in [4.69, 9.17) is 14.2 Å². The van der Waals surface area contributed by atoms with Crippen LogP contribution in [0.15, 0.2) is 66.7 Å². The summed E-state index contributed by atoms with van der Waals surface area (Å²) in [6, 6.07) is 7.11. The lowest BCUT2D eigenvalue weighted by Crippen LogP contribution is -2.60. The Balaban J connectivity index is 1.20. The summed E-state index contributed by atoms with van der Waals surface area (Å²) in [7, 11) is 6.07. The summed E-state index contributed by atoms with van der Waals surface area (Å²) in [5.41, 5.74) is 1.52. The van der Waals surface area contributed by atoms with Crippen LogP contribution in [0.25, 0.3) is 0 Å². The van der Waals surface area contributed by atoms with Crippen molar-refractivity contribution in [3.63, 3.8) is 0 Å². The standard InChI is InChI=1S/C73H113F3N10O13/c1-15-48(8)64(56(97-13)43-60(89)85-42-26-30-55(85)66(98-14)49(9)67(91)77-50(10)65(90)52-27-19-16-20-28-52)82(11)71(95)62(46(4)5)81-70(94)63(47(6)7)83(12)72(96)99-44-51-32-34-53(35-33-51)78-68(92)54(29-25-40-84-38-22-18-23-39-84)79-69(93)61(45(2)3)80-57(73(74,75)76)31-21-17-24-41-86-58(87)36-37-59(86)88/h16,19-20,27-28,32-37,45-50,54-57,61-66,80,90H,15,17-18,21-26,29-31,38-44H2,1-14H3,(H,77,91)(H,78,92)(H,79,93)(H,81,94)/t48-,49+,50+,54-,55-,56+,57+,61-,62-,63-,64-,65+,66+/m0/s1. The molecule has 26 heteroatoms. The molecule has 3 aliphatic rings. The molecule has 2 aromatic carbocycles. The van der Waals surface area contributed by atoms with Crippen LogP contribution in [0.2, 0.25) is 0 Å². The molecule has 23 nitrogen and oxygen atoms in total. The van der Waals surface area contributed by atoms with E-state index in [9.17, 15) is 61.4 Å². The number of nitrogens with one attached hydrogen (secondary N) is 5. The second kappa shape index (κ2) is 39.9. The van der Waals surface area contributed by atoms with E-state index in [0.717, 1.165) is 49.4 Å². The minimum absolute atomic E-state index is 0.0862. The van der Waals surface area contributed by atoms with Crippen LogP contribution in [0.1, 0.15) is 170 Å². The normalized spacial score (nSPS) is 18.9. The maximum Gasteiger partial charge on any atom is 0.410 e. The first-order valence-corrected chi connectivity index (χ1v) is 35.5. The summed E-state index contributed by atoms with van der Waals surface area (Å²) in [6.45, 7) is 20.5. The molecule has 5 rings (SSSR count). The van der Waals surface area contributed by atoms with E-state index < -0.39 is 138 Å². The summed E-state index contributed by atoms with van der Waals surface area (Å²) in [4.78, 5) is 131. The predicted octanol–water partition coefficient (Wildman–Crippen LogP) is 8.30. The molecule has 0 aromatic heterocycles. The van der Waals surface area contributed by atoms with E-state index in [1.807, 2.05) is 32.0 Å². The molecule has 3 heterocycles. The van der Waals surface area contributed by atoms with Gasteiger partial charge in [0, 0.05) is 59.2 Å². The number of ether oxygens (including phenoxy) is 3. The lowest BCUT2D eigenvalue weighted by molar-refractivity contribution is -0.161. The van der Waals surface area contributed by atoms with E-state index >= 15 is 0 Å². The summed E-state index contributed by atoms with van der Waals surface area (Å²) in [5.74, 6) is -6.24. The average Bonchev–Trinajstić information content (AvgIpc) is 1.80. The highest BCUT2D eigenvalue weighted by molar-refractivity contribution is 6.12. The highest BCUT2D eigenvalue weighted by atomic mass is 19.4. The van der Waals surface area contributed by atoms with E-state index in [-0.39, 0.29) is 56.6 Å². The number of amides is 9. The highest BCUT2D eigenvalue weighted by Crippen LogP contribution is 2.32. The smallest absolute Gasteiger partial charge is 0.410 e. The van der Waals surface area contributed by atoms with Gasteiger partial charge in [0.2, 0.25) is 35.4 Å². The molecule has 0 radical (unpaired) electrons. The third kappa shape index (κ3) is 24.1. The minimum atomic E-state index is -4.71. The first-order chi connectivity index (χ1) is 46.8. The lowest BCUT2D eigenvalue weighted by Gasteiger charge is -2.41. The Labute approximate surface area is 584 Å². The monoisotopic (exact) mass is 1390 g/mol. The first-order valence-electron chi connectivity index (χ1n) is 35.5. The minimum Gasteiger partial charge on any atom is -0.445 e. The van der Waals surface area contributed by atoms with E-state index in [1.165, 1.54) is 26.2 Å². The number of unbranched alkanes of at least 4 members (excludes halogenated alkanes) is 2. The van der Waals surface area contributed by atoms with Gasteiger partial charge in [0.05, 0.1) is 54.8 Å². The van der Waals surface area contributed by atoms with Gasteiger partial charge >= 0.3 is 12.3 Å². The number of nitrogens with zero attached hydrogens (tertiary/aromatic N) is 5. The van der Waals surface area contributed by atoms with Crippen LogP contribution in [-0.4, -0.2) is 211 Å². The molecule has 0 unspecified atom stereocenters. The van der Waals surface area contributed by atoms with Crippen molar-refractivity contribution in [1.29, 1.82) is 0 Å². The molecule has 6 N–H and O–H groups in total. The Morgan fingerprint density at radius 2 is 1.31 bits per heavy atom. The van der Waals surface area contributed by atoms with Crippen molar-refractivity contribution in [1.82, 2.24) is 45.8 Å². The first kappa shape index (κ1) is 82.7. The van der Waals surface area contributed by atoms with Gasteiger partial charge in [0.15, 0.2) is 0 Å². The number of carbonyl (C=O) groups is 9. The fourth-order valence-electron chi connectivity index (χ4n) is 13.7. The number of likely N-dealkylation sites (tertiary alicyclic amines) is 2. The number of rotatable bonds is 39. The number of methoxy groups -OCH3 is 2. The van der Waals surface area contributed by atoms with Gasteiger partial charge in [-0.2, -0.15) is 13.2 Å². The zero-order chi connectivity index (χ0) is 73.4. The molecular weight excluding hydrogens is 1280 g/mol. The van der Waals surface area contributed by atoms with Gasteiger partial charge in [-0.1, -0.05) is 130 Å². The predicted molar refractivity (Wildman–Crippen MR) is 371 cm³/mol. The zero-order valence-corrected chi connectivity index (χ0v) is 60.7. The molecule has 13 atom stereocenters. The van der Waals surface area contributed by atoms with Gasteiger partial charge in [-0.15, -0.1) is 0 Å². The molecule has 3 aliphatic heterocycles. The van der Waals surface area contributed by atoms with Crippen LogP contribution < -0.4 is 26.6 Å². The third-order valence-electron chi connectivity index (χ3n) is 19.7. The van der Waals surface area contributed by atoms with E-state index in [1.54, 1.807) is 109 Å². The van der Waals surface area contributed by atoms with E-state index in [2.05, 4.69) is 31.5 Å². The fraction of sp³-hybridized carbons (Fsp3) is 0.685. The fourth-order valence-corrected chi connectivity index (χ4v) is 13.7. The number of likely N-dealkylation sites (N-methyl/N-ethyl adjacent to an activating group) is 2. The molecule has 2 saturated heterocycles. The number of piperidine rings is 1. The van der Waals surface area contributed by atoms with Crippen molar-refractivity contribution in [2.24, 2.45) is 29.6 Å². The maximum atomic E-state index is 14.9. The molecule has 99 heavy (non-hydrogen) atoms. The summed E-state index contributed by atoms with van der Waals surface area (Å²) in [6.07, 6.45) is 0.434. The summed E-state index contributed by atoms with van der Waals surface area (Å²) >= 11 is 0. The van der Waals surface area contributed by atoms with Crippen molar-refractivity contribution >= 4 is 59.0 Å². The zero-order valence-electron chi connectivity index (χ0n) is 60.7. The number of aliphatic hydroxyl groups is 1. The topological polar surface area (TPSA) is 278 Å². The molecule has 2 aromatic rings. The Morgan fingerprint density at radius 1 is 0.677 bits per heavy atom. The van der Waals surface area contributed by atoms with Gasteiger partial charge in [0.1, 0.15) is 30.8 Å². The number of hydrogen-bond acceptors (Lipinski definition) is 15. The molecule has 0 aliphatic carbocycles. The Morgan fingerprint density at radius 3 is 1.89 bits per heavy atom. The van der Waals surface area contributed by atoms with Crippen LogP contribution >= 0.6 is 0 Å². The molecule has 554 valence electrons. The second-order valence-corrected chi connectivity index (χ2v) is 28.1. The number of halogens is 3. The summed E-state index contributed by atoms with van der Waals surface area (Å²) in [5, 5.41) is 25.0. The van der Waals surface area contributed by atoms with Crippen molar-refractivity contribution in [2.45, 2.75) is 232 Å². The number of aliphatic hydroxyl groups excluding tert-OH is 1. The Hall–Kier alpha value is -7.00. The number of imide groups is 1. The number of benzene rings is 2. The highest BCUT2D eigenvalue weighted by Gasteiger charge is 2.45. The van der Waals surface area contributed by atoms with Gasteiger partial charge in [-0.25, -0.2) is 4.79 Å². The van der Waals surface area contributed by atoms with E-state index in [0.29, 0.717) is 68.4 Å². The molecule has 9 amide bonds. The van der Waals surface area contributed by atoms with Crippen LogP contribution in [0.5, 0.6) is 0 Å². The maximum absolute atomic E-state index is 14.9. The van der Waals surface area contributed by atoms with Gasteiger partial charge in [0.25, 0.3) is 11.8 Å². The number of anilines is 1. The Kier molecular flexibility index (Phi) is 33.3. The Bertz CT molecular complexity index is 2950. The molecule has 0 spiro atoms. The second-order valence-electron chi connectivity index (χ2n) is 28.1. The number of carbonyl (C=O) groups excluding carboxylic acids is 9. The summed E-state index contributed by atoms with van der Waals surface area (Å²) < 4.78 is 61.5. The van der Waals surface area contributed by atoms with Crippen molar-refractivity contribution in [2.75, 3.05) is 66.4 Å². The van der Waals surface area contributed by atoms with Crippen LogP contribution in [0.4, 0.5) is 23.7 Å². The third-order valence-corrected chi connectivity index (χ3v) is 19.7. The number of hydrogen-bond donors (Lipinski definition) is 6. The van der Waals surface area contributed by atoms with Crippen LogP contribution in [-0.2, 0) is 59.2 Å². The molecule has 0 saturated carbocycles. The largest absolute Gasteiger partial charge is 0.445 e. The average molecular weight is 1400 g/mol. The number of alkyl halides is 3. The lowest BCUT2D eigenvalue weighted by atomic mass is 9.89. The SMILES string of the molecule is CC[C@H](C)[C@@H]([C@@H](CC(=O)N1CCC[C@H]1[C@H](OC)[C@@H](C)C(=O)N[C@H](C)[C@@H](O)c1ccccc1)OC)N(C)C(=O)[C@@H](NC(=O)[C@H](C(C)C)N(C)C(=O)OCc1ccc(NC(=O)[C@H](CCCN2CCCCC2)NC(=O)[C@@H](N[C@H](CCCCCN2C(=O)C=CC2=O)C(F)(F)F)C(C)C)cc1)C(C)C.